The first-order chi connectivity index (χ1) is 9.19. The molecule has 1 aromatic rings. The van der Waals surface area contributed by atoms with Gasteiger partial charge in [0.05, 0.1) is 13.7 Å². The fraction of sp³-hybridized carbons (Fsp3) is 0.400. The second-order valence-electron chi connectivity index (χ2n) is 4.15. The molecule has 0 aliphatic rings. The van der Waals surface area contributed by atoms with Gasteiger partial charge < -0.3 is 14.6 Å². The lowest BCUT2D eigenvalue weighted by atomic mass is 10.2. The number of hydrogen-bond donors (Lipinski definition) is 1. The molecule has 0 aliphatic heterocycles. The maximum Gasteiger partial charge on any atom is 0.339 e. The highest BCUT2D eigenvalue weighted by molar-refractivity contribution is 5.91. The molecule has 0 atom stereocenters. The summed E-state index contributed by atoms with van der Waals surface area (Å²) in [4.78, 5) is 11.1. The minimum atomic E-state index is -0.996. The third kappa shape index (κ3) is 5.04. The second-order valence-corrected chi connectivity index (χ2v) is 4.15. The number of aromatic carboxylic acids is 1. The number of allylic oxidation sites excluding steroid dienone is 1. The van der Waals surface area contributed by atoms with Gasteiger partial charge in [0.15, 0.2) is 0 Å². The van der Waals surface area contributed by atoms with E-state index in [0.717, 1.165) is 25.7 Å². The van der Waals surface area contributed by atoms with E-state index in [4.69, 9.17) is 14.6 Å². The number of methoxy groups -OCH3 is 1. The number of benzene rings is 1. The molecule has 0 saturated carbocycles. The number of unbranched alkanes of at least 4 members (excludes halogenated alkanes) is 3. The van der Waals surface area contributed by atoms with Crippen molar-refractivity contribution in [2.45, 2.75) is 25.7 Å². The predicted octanol–water partition coefficient (Wildman–Crippen LogP) is 3.52. The van der Waals surface area contributed by atoms with Crippen LogP contribution in [0.4, 0.5) is 0 Å². The van der Waals surface area contributed by atoms with Gasteiger partial charge in [-0.2, -0.15) is 0 Å². The Morgan fingerprint density at radius 2 is 2.16 bits per heavy atom. The van der Waals surface area contributed by atoms with Gasteiger partial charge in [0.2, 0.25) is 0 Å². The highest BCUT2D eigenvalue weighted by Gasteiger charge is 2.12. The Kier molecular flexibility index (Phi) is 6.50. The quantitative estimate of drug-likeness (QED) is 0.547. The molecule has 1 aromatic carbocycles. The van der Waals surface area contributed by atoms with E-state index in [9.17, 15) is 4.79 Å². The van der Waals surface area contributed by atoms with E-state index in [1.807, 2.05) is 6.08 Å². The van der Waals surface area contributed by atoms with Crippen molar-refractivity contribution in [3.05, 3.63) is 36.4 Å². The lowest BCUT2D eigenvalue weighted by molar-refractivity contribution is 0.0692. The molecule has 1 rings (SSSR count). The first kappa shape index (κ1) is 15.1. The third-order valence-electron chi connectivity index (χ3n) is 2.73. The van der Waals surface area contributed by atoms with Gasteiger partial charge in [0.25, 0.3) is 0 Å². The van der Waals surface area contributed by atoms with E-state index < -0.39 is 5.97 Å². The first-order valence-corrected chi connectivity index (χ1v) is 6.34. The lowest BCUT2D eigenvalue weighted by Gasteiger charge is -2.10. The Morgan fingerprint density at radius 3 is 2.79 bits per heavy atom. The number of carboxylic acids is 1. The summed E-state index contributed by atoms with van der Waals surface area (Å²) in [6.45, 7) is 4.17. The molecule has 0 radical (unpaired) electrons. The van der Waals surface area contributed by atoms with Gasteiger partial charge in [0, 0.05) is 6.07 Å². The first-order valence-electron chi connectivity index (χ1n) is 6.34. The number of ether oxygens (including phenoxy) is 2. The summed E-state index contributed by atoms with van der Waals surface area (Å²) in [6, 6.07) is 4.71. The molecule has 0 aromatic heterocycles. The zero-order valence-corrected chi connectivity index (χ0v) is 11.2. The van der Waals surface area contributed by atoms with E-state index in [1.54, 1.807) is 12.1 Å². The molecule has 0 aliphatic carbocycles. The molecular formula is C15H20O4. The number of hydrogen-bond acceptors (Lipinski definition) is 3. The molecule has 104 valence electrons. The minimum absolute atomic E-state index is 0.159. The molecule has 1 N–H and O–H groups in total. The second kappa shape index (κ2) is 8.19. The smallest absolute Gasteiger partial charge is 0.339 e. The summed E-state index contributed by atoms with van der Waals surface area (Å²) in [5, 5.41) is 9.07. The van der Waals surface area contributed by atoms with Gasteiger partial charge in [-0.05, 0) is 37.8 Å². The fourth-order valence-electron chi connectivity index (χ4n) is 1.68. The topological polar surface area (TPSA) is 55.8 Å². The van der Waals surface area contributed by atoms with Crippen molar-refractivity contribution in [1.82, 2.24) is 0 Å². The van der Waals surface area contributed by atoms with Gasteiger partial charge >= 0.3 is 5.97 Å². The van der Waals surface area contributed by atoms with Crippen LogP contribution in [0.15, 0.2) is 30.9 Å². The van der Waals surface area contributed by atoms with Crippen LogP contribution in [0, 0.1) is 0 Å². The number of rotatable bonds is 9. The number of carboxylic acid groups (broad SMARTS) is 1. The molecular weight excluding hydrogens is 244 g/mol. The van der Waals surface area contributed by atoms with Crippen LogP contribution in [0.2, 0.25) is 0 Å². The molecule has 0 unspecified atom stereocenters. The highest BCUT2D eigenvalue weighted by Crippen LogP contribution is 2.25. The zero-order chi connectivity index (χ0) is 14.1. The van der Waals surface area contributed by atoms with Crippen LogP contribution in [0.3, 0.4) is 0 Å². The molecule has 19 heavy (non-hydrogen) atoms. The Hall–Kier alpha value is -1.97. The van der Waals surface area contributed by atoms with Crippen molar-refractivity contribution in [3.63, 3.8) is 0 Å². The van der Waals surface area contributed by atoms with Gasteiger partial charge in [-0.25, -0.2) is 4.79 Å². The predicted molar refractivity (Wildman–Crippen MR) is 74.1 cm³/mol. The Balaban J connectivity index is 2.55. The molecule has 4 heteroatoms. The van der Waals surface area contributed by atoms with Crippen LogP contribution in [-0.4, -0.2) is 24.8 Å². The van der Waals surface area contributed by atoms with Crippen LogP contribution in [0.25, 0.3) is 0 Å². The van der Waals surface area contributed by atoms with Gasteiger partial charge in [-0.3, -0.25) is 0 Å². The largest absolute Gasteiger partial charge is 0.497 e. The van der Waals surface area contributed by atoms with Gasteiger partial charge in [0.1, 0.15) is 17.1 Å². The van der Waals surface area contributed by atoms with E-state index in [2.05, 4.69) is 6.58 Å². The van der Waals surface area contributed by atoms with Gasteiger partial charge in [-0.15, -0.1) is 6.58 Å². The molecule has 0 saturated heterocycles. The van der Waals surface area contributed by atoms with Crippen LogP contribution in [0.1, 0.15) is 36.0 Å². The van der Waals surface area contributed by atoms with Crippen molar-refractivity contribution in [1.29, 1.82) is 0 Å². The molecule has 0 fully saturated rings. The SMILES string of the molecule is C=CCCCCCOc1cc(OC)ccc1C(=O)O. The molecule has 4 nitrogen and oxygen atoms in total. The van der Waals surface area contributed by atoms with Crippen LogP contribution < -0.4 is 9.47 Å². The van der Waals surface area contributed by atoms with Gasteiger partial charge in [-0.1, -0.05) is 6.08 Å². The summed E-state index contributed by atoms with van der Waals surface area (Å²) in [5.74, 6) is -0.0495. The Bertz CT molecular complexity index is 426. The summed E-state index contributed by atoms with van der Waals surface area (Å²) in [7, 11) is 1.54. The van der Waals surface area contributed by atoms with Crippen molar-refractivity contribution < 1.29 is 19.4 Å². The molecule has 0 heterocycles. The monoisotopic (exact) mass is 264 g/mol. The lowest BCUT2D eigenvalue weighted by Crippen LogP contribution is -2.05. The van der Waals surface area contributed by atoms with E-state index in [0.29, 0.717) is 18.1 Å². The third-order valence-corrected chi connectivity index (χ3v) is 2.73. The summed E-state index contributed by atoms with van der Waals surface area (Å²) in [5.41, 5.74) is 0.159. The van der Waals surface area contributed by atoms with Crippen molar-refractivity contribution in [2.24, 2.45) is 0 Å². The van der Waals surface area contributed by atoms with Crippen LogP contribution in [-0.2, 0) is 0 Å². The van der Waals surface area contributed by atoms with Crippen LogP contribution in [0.5, 0.6) is 11.5 Å². The van der Waals surface area contributed by atoms with Crippen molar-refractivity contribution in [3.8, 4) is 11.5 Å². The molecule has 0 amide bonds. The van der Waals surface area contributed by atoms with Crippen molar-refractivity contribution >= 4 is 5.97 Å². The number of carbonyl (C=O) groups is 1. The maximum absolute atomic E-state index is 11.1. The average molecular weight is 264 g/mol. The summed E-state index contributed by atoms with van der Waals surface area (Å²) >= 11 is 0. The molecule has 0 spiro atoms. The van der Waals surface area contributed by atoms with E-state index in [-0.39, 0.29) is 5.56 Å². The molecule has 0 bridgehead atoms. The average Bonchev–Trinajstić information content (AvgIpc) is 2.42. The van der Waals surface area contributed by atoms with Crippen LogP contribution >= 0.6 is 0 Å². The summed E-state index contributed by atoms with van der Waals surface area (Å²) < 4.78 is 10.6. The zero-order valence-electron chi connectivity index (χ0n) is 11.2. The van der Waals surface area contributed by atoms with Crippen molar-refractivity contribution in [2.75, 3.05) is 13.7 Å². The Morgan fingerprint density at radius 1 is 1.37 bits per heavy atom. The van der Waals surface area contributed by atoms with E-state index in [1.165, 1.54) is 13.2 Å². The Labute approximate surface area is 113 Å². The maximum atomic E-state index is 11.1. The van der Waals surface area contributed by atoms with E-state index >= 15 is 0 Å². The fourth-order valence-corrected chi connectivity index (χ4v) is 1.68. The standard InChI is InChI=1S/C15H20O4/c1-3-4-5-6-7-10-19-14-11-12(18-2)8-9-13(14)15(16)17/h3,8-9,11H,1,4-7,10H2,2H3,(H,16,17). The summed E-state index contributed by atoms with van der Waals surface area (Å²) in [6.07, 6.45) is 5.91. The minimum Gasteiger partial charge on any atom is -0.497 e. The highest BCUT2D eigenvalue weighted by atomic mass is 16.5. The normalized spacial score (nSPS) is 9.95.